The zero-order chi connectivity index (χ0) is 16.9. The standard InChI is InChI=1S/C18H22O4S/c1-14-7-6-10-18(11-14)22-12-17(19)13-23(20,21)15(2)16-8-4-3-5-9-16/h3-11,15,17,19H,12-13H2,1-2H3. The van der Waals surface area contributed by atoms with E-state index in [1.807, 2.05) is 31.2 Å². The van der Waals surface area contributed by atoms with Gasteiger partial charge in [0.2, 0.25) is 0 Å². The Bertz CT molecular complexity index is 726. The molecule has 0 aromatic heterocycles. The first-order valence-corrected chi connectivity index (χ1v) is 9.24. The lowest BCUT2D eigenvalue weighted by Gasteiger charge is -2.17. The SMILES string of the molecule is Cc1cccc(OCC(O)CS(=O)(=O)C(C)c2ccccc2)c1. The van der Waals surface area contributed by atoms with E-state index in [1.54, 1.807) is 37.3 Å². The zero-order valence-corrected chi connectivity index (χ0v) is 14.2. The van der Waals surface area contributed by atoms with Crippen molar-refractivity contribution in [2.24, 2.45) is 0 Å². The second-order valence-corrected chi connectivity index (χ2v) is 8.03. The molecule has 0 fully saturated rings. The van der Waals surface area contributed by atoms with Gasteiger partial charge in [-0.2, -0.15) is 0 Å². The van der Waals surface area contributed by atoms with Crippen molar-refractivity contribution < 1.29 is 18.3 Å². The molecule has 0 spiro atoms. The van der Waals surface area contributed by atoms with Crippen molar-refractivity contribution in [1.29, 1.82) is 0 Å². The predicted octanol–water partition coefficient (Wildman–Crippen LogP) is 2.91. The second-order valence-electron chi connectivity index (χ2n) is 5.66. The number of aliphatic hydroxyl groups excluding tert-OH is 1. The van der Waals surface area contributed by atoms with Crippen LogP contribution in [0.15, 0.2) is 54.6 Å². The van der Waals surface area contributed by atoms with E-state index >= 15 is 0 Å². The van der Waals surface area contributed by atoms with Crippen molar-refractivity contribution in [1.82, 2.24) is 0 Å². The first-order chi connectivity index (χ1) is 10.9. The molecule has 0 aliphatic carbocycles. The van der Waals surface area contributed by atoms with Gasteiger partial charge in [0.05, 0.1) is 11.0 Å². The van der Waals surface area contributed by atoms with Crippen LogP contribution in [0.2, 0.25) is 0 Å². The summed E-state index contributed by atoms with van der Waals surface area (Å²) in [6, 6.07) is 16.4. The Labute approximate surface area is 137 Å². The maximum Gasteiger partial charge on any atom is 0.159 e. The highest BCUT2D eigenvalue weighted by molar-refractivity contribution is 7.91. The highest BCUT2D eigenvalue weighted by atomic mass is 32.2. The molecule has 2 rings (SSSR count). The van der Waals surface area contributed by atoms with Crippen molar-refractivity contribution in [3.63, 3.8) is 0 Å². The summed E-state index contributed by atoms with van der Waals surface area (Å²) in [6.45, 7) is 3.53. The average molecular weight is 334 g/mol. The third-order valence-electron chi connectivity index (χ3n) is 3.66. The average Bonchev–Trinajstić information content (AvgIpc) is 2.53. The maximum atomic E-state index is 12.4. The number of hydrogen-bond donors (Lipinski definition) is 1. The smallest absolute Gasteiger partial charge is 0.159 e. The van der Waals surface area contributed by atoms with Gasteiger partial charge in [-0.25, -0.2) is 8.42 Å². The van der Waals surface area contributed by atoms with Crippen molar-refractivity contribution in [3.8, 4) is 5.75 Å². The highest BCUT2D eigenvalue weighted by Gasteiger charge is 2.26. The van der Waals surface area contributed by atoms with Crippen LogP contribution in [0.25, 0.3) is 0 Å². The quantitative estimate of drug-likeness (QED) is 0.845. The molecule has 0 aliphatic rings. The van der Waals surface area contributed by atoms with Crippen LogP contribution in [0.4, 0.5) is 0 Å². The molecule has 0 aliphatic heterocycles. The lowest BCUT2D eigenvalue weighted by Crippen LogP contribution is -2.29. The summed E-state index contributed by atoms with van der Waals surface area (Å²) < 4.78 is 30.2. The summed E-state index contributed by atoms with van der Waals surface area (Å²) in [4.78, 5) is 0. The van der Waals surface area contributed by atoms with Gasteiger partial charge >= 0.3 is 0 Å². The molecular formula is C18H22O4S. The fourth-order valence-electron chi connectivity index (χ4n) is 2.29. The highest BCUT2D eigenvalue weighted by Crippen LogP contribution is 2.23. The van der Waals surface area contributed by atoms with E-state index in [-0.39, 0.29) is 12.4 Å². The van der Waals surface area contributed by atoms with E-state index in [0.29, 0.717) is 5.75 Å². The molecule has 0 bridgehead atoms. The van der Waals surface area contributed by atoms with Crippen LogP contribution in [0.3, 0.4) is 0 Å². The van der Waals surface area contributed by atoms with Gasteiger partial charge in [0.25, 0.3) is 0 Å². The molecule has 2 aromatic carbocycles. The summed E-state index contributed by atoms with van der Waals surface area (Å²) in [7, 11) is -3.46. The molecule has 2 atom stereocenters. The largest absolute Gasteiger partial charge is 0.491 e. The molecule has 23 heavy (non-hydrogen) atoms. The fourth-order valence-corrected chi connectivity index (χ4v) is 3.78. The summed E-state index contributed by atoms with van der Waals surface area (Å²) >= 11 is 0. The van der Waals surface area contributed by atoms with E-state index in [9.17, 15) is 13.5 Å². The molecule has 0 radical (unpaired) electrons. The lowest BCUT2D eigenvalue weighted by atomic mass is 10.2. The van der Waals surface area contributed by atoms with E-state index in [2.05, 4.69) is 0 Å². The van der Waals surface area contributed by atoms with E-state index in [1.165, 1.54) is 0 Å². The molecule has 0 amide bonds. The van der Waals surface area contributed by atoms with Gasteiger partial charge in [-0.15, -0.1) is 0 Å². The molecule has 0 saturated carbocycles. The topological polar surface area (TPSA) is 63.6 Å². The van der Waals surface area contributed by atoms with Gasteiger partial charge in [-0.1, -0.05) is 42.5 Å². The third-order valence-corrected chi connectivity index (χ3v) is 5.86. The second kappa shape index (κ2) is 7.62. The van der Waals surface area contributed by atoms with Crippen LogP contribution in [0.5, 0.6) is 5.75 Å². The van der Waals surface area contributed by atoms with E-state index in [0.717, 1.165) is 11.1 Å². The minimum atomic E-state index is -3.46. The number of rotatable bonds is 7. The van der Waals surface area contributed by atoms with Gasteiger partial charge in [-0.05, 0) is 37.1 Å². The molecule has 5 heteroatoms. The number of benzene rings is 2. The van der Waals surface area contributed by atoms with Crippen molar-refractivity contribution >= 4 is 9.84 Å². The number of aryl methyl sites for hydroxylation is 1. The Morgan fingerprint density at radius 3 is 2.43 bits per heavy atom. The van der Waals surface area contributed by atoms with Crippen molar-refractivity contribution in [2.45, 2.75) is 25.2 Å². The summed E-state index contributed by atoms with van der Waals surface area (Å²) in [5.41, 5.74) is 1.77. The Morgan fingerprint density at radius 2 is 1.78 bits per heavy atom. The molecule has 0 heterocycles. The van der Waals surface area contributed by atoms with Crippen LogP contribution in [0, 0.1) is 6.92 Å². The summed E-state index contributed by atoms with van der Waals surface area (Å²) in [6.07, 6.45) is -1.06. The van der Waals surface area contributed by atoms with Gasteiger partial charge in [0.1, 0.15) is 18.5 Å². The van der Waals surface area contributed by atoms with Crippen molar-refractivity contribution in [2.75, 3.05) is 12.4 Å². The Morgan fingerprint density at radius 1 is 1.09 bits per heavy atom. The van der Waals surface area contributed by atoms with Gasteiger partial charge in [-0.3, -0.25) is 0 Å². The first-order valence-electron chi connectivity index (χ1n) is 7.52. The minimum absolute atomic E-state index is 0.0514. The fraction of sp³-hybridized carbons (Fsp3) is 0.333. The van der Waals surface area contributed by atoms with Gasteiger partial charge in [0.15, 0.2) is 9.84 Å². The Hall–Kier alpha value is -1.85. The summed E-state index contributed by atoms with van der Waals surface area (Å²) in [5, 5.41) is 9.35. The molecule has 0 saturated heterocycles. The van der Waals surface area contributed by atoms with Gasteiger partial charge < -0.3 is 9.84 Å². The monoisotopic (exact) mass is 334 g/mol. The van der Waals surface area contributed by atoms with Crippen LogP contribution >= 0.6 is 0 Å². The van der Waals surface area contributed by atoms with Crippen molar-refractivity contribution in [3.05, 3.63) is 65.7 Å². The van der Waals surface area contributed by atoms with Crippen LogP contribution in [0.1, 0.15) is 23.3 Å². The maximum absolute atomic E-state index is 12.4. The third kappa shape index (κ3) is 5.08. The molecule has 124 valence electrons. The molecule has 2 unspecified atom stereocenters. The normalized spacial score (nSPS) is 14.2. The van der Waals surface area contributed by atoms with Crippen LogP contribution in [-0.4, -0.2) is 32.0 Å². The zero-order valence-electron chi connectivity index (χ0n) is 13.3. The minimum Gasteiger partial charge on any atom is -0.491 e. The molecule has 1 N–H and O–H groups in total. The number of sulfone groups is 1. The molecular weight excluding hydrogens is 312 g/mol. The van der Waals surface area contributed by atoms with E-state index < -0.39 is 21.2 Å². The van der Waals surface area contributed by atoms with Gasteiger partial charge in [0, 0.05) is 0 Å². The summed E-state index contributed by atoms with van der Waals surface area (Å²) in [5.74, 6) is 0.298. The van der Waals surface area contributed by atoms with Crippen LogP contribution in [-0.2, 0) is 9.84 Å². The van der Waals surface area contributed by atoms with E-state index in [4.69, 9.17) is 4.74 Å². The first kappa shape index (κ1) is 17.5. The Balaban J connectivity index is 1.94. The molecule has 2 aromatic rings. The number of hydrogen-bond acceptors (Lipinski definition) is 4. The van der Waals surface area contributed by atoms with Crippen LogP contribution < -0.4 is 4.74 Å². The predicted molar refractivity (Wildman–Crippen MR) is 91.3 cm³/mol. The molecule has 4 nitrogen and oxygen atoms in total. The number of aliphatic hydroxyl groups is 1. The number of ether oxygens (including phenoxy) is 1. The Kier molecular flexibility index (Phi) is 5.80. The lowest BCUT2D eigenvalue weighted by molar-refractivity contribution is 0.124.